The number of fused-ring (bicyclic) bond motifs is 1. The monoisotopic (exact) mass is 419 g/mol. The van der Waals surface area contributed by atoms with Crippen molar-refractivity contribution in [1.82, 2.24) is 10.4 Å². The third kappa shape index (κ3) is 3.27. The Balaban J connectivity index is 1.62. The third-order valence-electron chi connectivity index (χ3n) is 3.81. The number of thiocarbonyl (C=S) groups is 1. The van der Waals surface area contributed by atoms with Crippen LogP contribution in [0.15, 0.2) is 62.7 Å². The van der Waals surface area contributed by atoms with Crippen molar-refractivity contribution in [2.45, 2.75) is 4.90 Å². The Morgan fingerprint density at radius 2 is 1.85 bits per heavy atom. The van der Waals surface area contributed by atoms with E-state index in [1.54, 1.807) is 36.4 Å². The molecular formula is C17H10FN3O3S3. The average molecular weight is 419 g/mol. The summed E-state index contributed by atoms with van der Waals surface area (Å²) in [5, 5.41) is 1.08. The summed E-state index contributed by atoms with van der Waals surface area (Å²) < 4.78 is 41.2. The fourth-order valence-electron chi connectivity index (χ4n) is 2.57. The predicted octanol–water partition coefficient (Wildman–Crippen LogP) is 2.68. The SMILES string of the molecule is O=C1/C(=C\c2ccc(F)cc2)SC(=S)N1NC1=NS(=O)(=O)c2ccccc21. The van der Waals surface area contributed by atoms with Crippen LogP contribution in [0, 0.1) is 5.82 Å². The van der Waals surface area contributed by atoms with Crippen LogP contribution in [0.4, 0.5) is 4.39 Å². The number of amidine groups is 1. The van der Waals surface area contributed by atoms with Crippen LogP contribution in [0.2, 0.25) is 0 Å². The van der Waals surface area contributed by atoms with Gasteiger partial charge in [0.1, 0.15) is 10.7 Å². The maximum absolute atomic E-state index is 13.0. The molecule has 2 heterocycles. The topological polar surface area (TPSA) is 78.8 Å². The highest BCUT2D eigenvalue weighted by molar-refractivity contribution is 8.26. The van der Waals surface area contributed by atoms with Crippen LogP contribution in [-0.4, -0.2) is 29.5 Å². The van der Waals surface area contributed by atoms with Gasteiger partial charge in [0.2, 0.25) is 0 Å². The fourth-order valence-corrected chi connectivity index (χ4v) is 4.92. The molecule has 1 saturated heterocycles. The first kappa shape index (κ1) is 17.8. The molecule has 0 saturated carbocycles. The molecule has 0 spiro atoms. The summed E-state index contributed by atoms with van der Waals surface area (Å²) in [4.78, 5) is 13.1. The normalized spacial score (nSPS) is 19.4. The van der Waals surface area contributed by atoms with E-state index in [-0.39, 0.29) is 20.9 Å². The zero-order valence-electron chi connectivity index (χ0n) is 13.4. The molecule has 10 heteroatoms. The average Bonchev–Trinajstić information content (AvgIpc) is 3.05. The van der Waals surface area contributed by atoms with Crippen LogP contribution >= 0.6 is 24.0 Å². The van der Waals surface area contributed by atoms with E-state index in [0.717, 1.165) is 16.8 Å². The van der Waals surface area contributed by atoms with Gasteiger partial charge in [-0.25, -0.2) is 4.39 Å². The fraction of sp³-hybridized carbons (Fsp3) is 0. The van der Waals surface area contributed by atoms with Crippen LogP contribution in [0.3, 0.4) is 0 Å². The van der Waals surface area contributed by atoms with E-state index >= 15 is 0 Å². The van der Waals surface area contributed by atoms with Crippen LogP contribution in [0.1, 0.15) is 11.1 Å². The van der Waals surface area contributed by atoms with E-state index in [1.165, 1.54) is 18.2 Å². The minimum Gasteiger partial charge on any atom is -0.272 e. The zero-order valence-corrected chi connectivity index (χ0v) is 15.9. The number of nitrogens with zero attached hydrogens (tertiary/aromatic N) is 2. The van der Waals surface area contributed by atoms with Crippen molar-refractivity contribution in [2.75, 3.05) is 0 Å². The molecular weight excluding hydrogens is 409 g/mol. The van der Waals surface area contributed by atoms with E-state index in [2.05, 4.69) is 9.82 Å². The molecule has 1 amide bonds. The minimum absolute atomic E-state index is 0.0323. The summed E-state index contributed by atoms with van der Waals surface area (Å²) in [6.07, 6.45) is 1.58. The van der Waals surface area contributed by atoms with Crippen molar-refractivity contribution in [1.29, 1.82) is 0 Å². The second kappa shape index (κ2) is 6.55. The summed E-state index contributed by atoms with van der Waals surface area (Å²) >= 11 is 6.28. The maximum Gasteiger partial charge on any atom is 0.285 e. The highest BCUT2D eigenvalue weighted by Crippen LogP contribution is 2.32. The molecule has 0 bridgehead atoms. The van der Waals surface area contributed by atoms with E-state index in [9.17, 15) is 17.6 Å². The van der Waals surface area contributed by atoms with Gasteiger partial charge in [0.05, 0.1) is 4.91 Å². The van der Waals surface area contributed by atoms with Gasteiger partial charge in [0, 0.05) is 5.56 Å². The number of amides is 1. The molecule has 0 aliphatic carbocycles. The smallest absolute Gasteiger partial charge is 0.272 e. The van der Waals surface area contributed by atoms with Gasteiger partial charge in [-0.15, -0.1) is 4.40 Å². The second-order valence-corrected chi connectivity index (χ2v) is 8.84. The first-order valence-electron chi connectivity index (χ1n) is 7.60. The predicted molar refractivity (Wildman–Crippen MR) is 105 cm³/mol. The summed E-state index contributed by atoms with van der Waals surface area (Å²) in [5.41, 5.74) is 3.72. The number of hydrogen-bond donors (Lipinski definition) is 1. The molecule has 0 aromatic heterocycles. The van der Waals surface area contributed by atoms with Crippen LogP contribution < -0.4 is 5.43 Å². The van der Waals surface area contributed by atoms with Gasteiger partial charge in [0.25, 0.3) is 15.9 Å². The van der Waals surface area contributed by atoms with Crippen molar-refractivity contribution in [2.24, 2.45) is 4.40 Å². The number of thioether (sulfide) groups is 1. The van der Waals surface area contributed by atoms with Crippen LogP contribution in [0.25, 0.3) is 6.08 Å². The van der Waals surface area contributed by atoms with Crippen molar-refractivity contribution >= 4 is 56.1 Å². The third-order valence-corrected chi connectivity index (χ3v) is 6.45. The molecule has 27 heavy (non-hydrogen) atoms. The number of carbonyl (C=O) groups is 1. The van der Waals surface area contributed by atoms with Gasteiger partial charge >= 0.3 is 0 Å². The Morgan fingerprint density at radius 1 is 1.15 bits per heavy atom. The molecule has 0 radical (unpaired) electrons. The Labute approximate surface area is 163 Å². The van der Waals surface area contributed by atoms with E-state index in [4.69, 9.17) is 12.2 Å². The number of rotatable bonds is 2. The van der Waals surface area contributed by atoms with Crippen molar-refractivity contribution in [3.05, 3.63) is 70.4 Å². The van der Waals surface area contributed by atoms with Crippen LogP contribution in [0.5, 0.6) is 0 Å². The lowest BCUT2D eigenvalue weighted by Crippen LogP contribution is -2.44. The zero-order chi connectivity index (χ0) is 19.2. The summed E-state index contributed by atoms with van der Waals surface area (Å²) in [6, 6.07) is 12.0. The molecule has 2 aliphatic heterocycles. The van der Waals surface area contributed by atoms with Gasteiger partial charge < -0.3 is 0 Å². The molecule has 136 valence electrons. The van der Waals surface area contributed by atoms with Gasteiger partial charge in [-0.2, -0.15) is 13.4 Å². The lowest BCUT2D eigenvalue weighted by Gasteiger charge is -2.16. The summed E-state index contributed by atoms with van der Waals surface area (Å²) in [6.45, 7) is 0. The molecule has 1 N–H and O–H groups in total. The largest absolute Gasteiger partial charge is 0.285 e. The van der Waals surface area contributed by atoms with Crippen molar-refractivity contribution in [3.8, 4) is 0 Å². The Kier molecular flexibility index (Phi) is 4.33. The van der Waals surface area contributed by atoms with Gasteiger partial charge in [-0.05, 0) is 48.1 Å². The van der Waals surface area contributed by atoms with E-state index < -0.39 is 15.9 Å². The van der Waals surface area contributed by atoms with E-state index in [1.807, 2.05) is 0 Å². The van der Waals surface area contributed by atoms with E-state index in [0.29, 0.717) is 16.0 Å². The number of halogens is 1. The number of hydrazine groups is 1. The molecule has 2 aromatic carbocycles. The highest BCUT2D eigenvalue weighted by Gasteiger charge is 2.36. The molecule has 6 nitrogen and oxygen atoms in total. The molecule has 0 unspecified atom stereocenters. The summed E-state index contributed by atoms with van der Waals surface area (Å²) in [7, 11) is -3.81. The molecule has 2 aromatic rings. The quantitative estimate of drug-likeness (QED) is 0.596. The maximum atomic E-state index is 13.0. The minimum atomic E-state index is -3.81. The van der Waals surface area contributed by atoms with Crippen molar-refractivity contribution in [3.63, 3.8) is 0 Å². The Bertz CT molecular complexity index is 1140. The number of carbonyl (C=O) groups excluding carboxylic acids is 1. The summed E-state index contributed by atoms with van der Waals surface area (Å²) in [5.74, 6) is -0.788. The van der Waals surface area contributed by atoms with Gasteiger partial charge in [0.15, 0.2) is 10.2 Å². The molecule has 2 aliphatic rings. The Morgan fingerprint density at radius 3 is 2.59 bits per heavy atom. The van der Waals surface area contributed by atoms with Crippen LogP contribution in [-0.2, 0) is 14.8 Å². The standard InChI is InChI=1S/C17H10FN3O3S3/c18-11-7-5-10(6-8-11)9-13-16(22)21(17(25)26-13)19-15-12-3-1-2-4-14(12)27(23,24)20-15/h1-9H,(H,19,20)/b13-9+. The lowest BCUT2D eigenvalue weighted by molar-refractivity contribution is -0.123. The molecule has 4 rings (SSSR count). The van der Waals surface area contributed by atoms with Gasteiger partial charge in [-0.1, -0.05) is 36.0 Å². The first-order valence-corrected chi connectivity index (χ1v) is 10.3. The number of benzene rings is 2. The molecule has 1 fully saturated rings. The number of nitrogens with one attached hydrogen (secondary N) is 1. The number of hydrogen-bond acceptors (Lipinski definition) is 6. The lowest BCUT2D eigenvalue weighted by atomic mass is 10.2. The van der Waals surface area contributed by atoms with Crippen molar-refractivity contribution < 1.29 is 17.6 Å². The van der Waals surface area contributed by atoms with Gasteiger partial charge in [-0.3, -0.25) is 10.2 Å². The Hall–Kier alpha value is -2.56. The first-order chi connectivity index (χ1) is 12.8. The highest BCUT2D eigenvalue weighted by atomic mass is 32.2. The molecule has 0 atom stereocenters. The second-order valence-electron chi connectivity index (χ2n) is 5.59. The number of sulfonamides is 1.